The Labute approximate surface area is 81.0 Å². The Kier molecular flexibility index (Phi) is 3.92. The fraction of sp³-hybridized carbons (Fsp3) is 0.444. The zero-order valence-electron chi connectivity index (χ0n) is 7.40. The summed E-state index contributed by atoms with van der Waals surface area (Å²) in [5.74, 6) is -0.282. The number of carbonyl (C=O) groups excluding carboxylic acids is 1. The van der Waals surface area contributed by atoms with Crippen LogP contribution < -0.4 is 0 Å². The Bertz CT molecular complexity index is 256. The summed E-state index contributed by atoms with van der Waals surface area (Å²) in [5.41, 5.74) is 0. The van der Waals surface area contributed by atoms with Crippen LogP contribution in [0.4, 0.5) is 0 Å². The Hall–Kier alpha value is -0.870. The molecular weight excluding hydrogens is 188 g/mol. The summed E-state index contributed by atoms with van der Waals surface area (Å²) >= 11 is 1.45. The topological polar surface area (TPSA) is 46.5 Å². The maximum atomic E-state index is 10.8. The average molecular weight is 200 g/mol. The molecular formula is C9H12O3S. The molecule has 13 heavy (non-hydrogen) atoms. The van der Waals surface area contributed by atoms with Gasteiger partial charge in [-0.3, -0.25) is 4.79 Å². The van der Waals surface area contributed by atoms with Gasteiger partial charge in [0.1, 0.15) is 12.7 Å². The molecule has 1 N–H and O–H groups in total. The van der Waals surface area contributed by atoms with Crippen LogP contribution in [0.1, 0.15) is 24.3 Å². The van der Waals surface area contributed by atoms with Gasteiger partial charge in [-0.25, -0.2) is 0 Å². The first-order chi connectivity index (χ1) is 6.24. The van der Waals surface area contributed by atoms with Gasteiger partial charge in [0.05, 0.1) is 0 Å². The predicted molar refractivity (Wildman–Crippen MR) is 50.5 cm³/mol. The van der Waals surface area contributed by atoms with E-state index in [0.29, 0.717) is 6.42 Å². The maximum absolute atomic E-state index is 10.8. The fourth-order valence-electron chi connectivity index (χ4n) is 0.837. The first-order valence-corrected chi connectivity index (χ1v) is 4.99. The Morgan fingerprint density at radius 3 is 3.08 bits per heavy atom. The second-order valence-corrected chi connectivity index (χ2v) is 3.55. The van der Waals surface area contributed by atoms with E-state index in [1.807, 2.05) is 17.5 Å². The molecule has 0 aliphatic rings. The number of aliphatic hydroxyl groups excluding tert-OH is 1. The number of hydrogen-bond acceptors (Lipinski definition) is 4. The van der Waals surface area contributed by atoms with E-state index in [1.54, 1.807) is 6.92 Å². The molecule has 0 bridgehead atoms. The lowest BCUT2D eigenvalue weighted by Crippen LogP contribution is -2.10. The first kappa shape index (κ1) is 10.2. The first-order valence-electron chi connectivity index (χ1n) is 4.11. The van der Waals surface area contributed by atoms with Crippen LogP contribution in [0.15, 0.2) is 17.5 Å². The van der Waals surface area contributed by atoms with Crippen LogP contribution in [0.2, 0.25) is 0 Å². The maximum Gasteiger partial charge on any atom is 0.305 e. The molecule has 0 aliphatic carbocycles. The molecule has 0 amide bonds. The number of thiophene rings is 1. The smallest absolute Gasteiger partial charge is 0.305 e. The zero-order valence-corrected chi connectivity index (χ0v) is 8.21. The van der Waals surface area contributed by atoms with E-state index in [2.05, 4.69) is 0 Å². The standard InChI is InChI=1S/C9H12O3S/c1-2-9(11)12-6-7(10)8-4-3-5-13-8/h3-5,7,10H,2,6H2,1H3. The molecule has 0 fully saturated rings. The molecule has 1 heterocycles. The van der Waals surface area contributed by atoms with Gasteiger partial charge in [0.15, 0.2) is 0 Å². The van der Waals surface area contributed by atoms with Crippen molar-refractivity contribution in [3.05, 3.63) is 22.4 Å². The second kappa shape index (κ2) is 4.99. The van der Waals surface area contributed by atoms with Gasteiger partial charge in [0, 0.05) is 11.3 Å². The van der Waals surface area contributed by atoms with E-state index in [1.165, 1.54) is 11.3 Å². The summed E-state index contributed by atoms with van der Waals surface area (Å²) in [6.45, 7) is 1.77. The van der Waals surface area contributed by atoms with Crippen LogP contribution >= 0.6 is 11.3 Å². The minimum atomic E-state index is -0.685. The van der Waals surface area contributed by atoms with Gasteiger partial charge in [-0.05, 0) is 11.4 Å². The van der Waals surface area contributed by atoms with E-state index in [-0.39, 0.29) is 12.6 Å². The van der Waals surface area contributed by atoms with Crippen molar-refractivity contribution in [3.8, 4) is 0 Å². The third-order valence-electron chi connectivity index (χ3n) is 1.56. The molecule has 1 rings (SSSR count). The second-order valence-electron chi connectivity index (χ2n) is 2.57. The van der Waals surface area contributed by atoms with Crippen LogP contribution in [0.5, 0.6) is 0 Å². The monoisotopic (exact) mass is 200 g/mol. The largest absolute Gasteiger partial charge is 0.463 e. The highest BCUT2D eigenvalue weighted by atomic mass is 32.1. The minimum Gasteiger partial charge on any atom is -0.463 e. The molecule has 1 atom stereocenters. The molecule has 0 radical (unpaired) electrons. The highest BCUT2D eigenvalue weighted by Crippen LogP contribution is 2.18. The van der Waals surface area contributed by atoms with Gasteiger partial charge in [-0.1, -0.05) is 13.0 Å². The van der Waals surface area contributed by atoms with E-state index in [9.17, 15) is 9.90 Å². The normalized spacial score (nSPS) is 12.5. The zero-order chi connectivity index (χ0) is 9.68. The summed E-state index contributed by atoms with van der Waals surface area (Å²) in [4.78, 5) is 11.6. The van der Waals surface area contributed by atoms with Gasteiger partial charge < -0.3 is 9.84 Å². The van der Waals surface area contributed by atoms with Crippen LogP contribution in [-0.4, -0.2) is 17.7 Å². The van der Waals surface area contributed by atoms with Crippen molar-refractivity contribution >= 4 is 17.3 Å². The minimum absolute atomic E-state index is 0.0488. The number of rotatable bonds is 4. The molecule has 0 saturated heterocycles. The number of esters is 1. The molecule has 4 heteroatoms. The van der Waals surface area contributed by atoms with E-state index >= 15 is 0 Å². The van der Waals surface area contributed by atoms with Crippen molar-refractivity contribution in [2.45, 2.75) is 19.4 Å². The Morgan fingerprint density at radius 1 is 1.77 bits per heavy atom. The summed E-state index contributed by atoms with van der Waals surface area (Å²) in [5, 5.41) is 11.4. The van der Waals surface area contributed by atoms with Gasteiger partial charge in [0.2, 0.25) is 0 Å². The summed E-state index contributed by atoms with van der Waals surface area (Å²) < 4.78 is 4.79. The quantitative estimate of drug-likeness (QED) is 0.753. The lowest BCUT2D eigenvalue weighted by molar-refractivity contribution is -0.146. The van der Waals surface area contributed by atoms with Crippen LogP contribution in [-0.2, 0) is 9.53 Å². The average Bonchev–Trinajstić information content (AvgIpc) is 2.66. The van der Waals surface area contributed by atoms with Crippen molar-refractivity contribution in [3.63, 3.8) is 0 Å². The molecule has 1 unspecified atom stereocenters. The number of hydrogen-bond donors (Lipinski definition) is 1. The molecule has 0 aromatic carbocycles. The molecule has 72 valence electrons. The van der Waals surface area contributed by atoms with Crippen LogP contribution in [0, 0.1) is 0 Å². The molecule has 1 aromatic rings. The number of ether oxygens (including phenoxy) is 1. The van der Waals surface area contributed by atoms with Crippen molar-refractivity contribution in [1.82, 2.24) is 0 Å². The fourth-order valence-corrected chi connectivity index (χ4v) is 1.53. The third-order valence-corrected chi connectivity index (χ3v) is 2.54. The van der Waals surface area contributed by atoms with E-state index in [4.69, 9.17) is 4.74 Å². The summed E-state index contributed by atoms with van der Waals surface area (Å²) in [6, 6.07) is 3.67. The van der Waals surface area contributed by atoms with Gasteiger partial charge >= 0.3 is 5.97 Å². The van der Waals surface area contributed by atoms with Crippen LogP contribution in [0.3, 0.4) is 0 Å². The summed E-state index contributed by atoms with van der Waals surface area (Å²) in [6.07, 6.45) is -0.340. The summed E-state index contributed by atoms with van der Waals surface area (Å²) in [7, 11) is 0. The van der Waals surface area contributed by atoms with Crippen molar-refractivity contribution < 1.29 is 14.6 Å². The van der Waals surface area contributed by atoms with Gasteiger partial charge in [-0.2, -0.15) is 0 Å². The highest BCUT2D eigenvalue weighted by molar-refractivity contribution is 7.10. The molecule has 0 spiro atoms. The SMILES string of the molecule is CCC(=O)OCC(O)c1cccs1. The van der Waals surface area contributed by atoms with Crippen molar-refractivity contribution in [2.75, 3.05) is 6.61 Å². The van der Waals surface area contributed by atoms with Gasteiger partial charge in [0.25, 0.3) is 0 Å². The number of aliphatic hydroxyl groups is 1. The highest BCUT2D eigenvalue weighted by Gasteiger charge is 2.10. The van der Waals surface area contributed by atoms with Crippen molar-refractivity contribution in [2.24, 2.45) is 0 Å². The van der Waals surface area contributed by atoms with E-state index < -0.39 is 6.10 Å². The number of carbonyl (C=O) groups is 1. The van der Waals surface area contributed by atoms with E-state index in [0.717, 1.165) is 4.88 Å². The van der Waals surface area contributed by atoms with Crippen molar-refractivity contribution in [1.29, 1.82) is 0 Å². The van der Waals surface area contributed by atoms with Crippen LogP contribution in [0.25, 0.3) is 0 Å². The Balaban J connectivity index is 2.34. The lowest BCUT2D eigenvalue weighted by atomic mass is 10.3. The molecule has 0 aliphatic heterocycles. The van der Waals surface area contributed by atoms with Gasteiger partial charge in [-0.15, -0.1) is 11.3 Å². The third kappa shape index (κ3) is 3.16. The molecule has 3 nitrogen and oxygen atoms in total. The lowest BCUT2D eigenvalue weighted by Gasteiger charge is -2.08. The predicted octanol–water partition coefficient (Wildman–Crippen LogP) is 1.73. The Morgan fingerprint density at radius 2 is 2.54 bits per heavy atom. The molecule has 1 aromatic heterocycles. The molecule has 0 saturated carbocycles.